The first-order valence-corrected chi connectivity index (χ1v) is 7.95. The predicted octanol–water partition coefficient (Wildman–Crippen LogP) is 4.30. The molecule has 0 saturated carbocycles. The lowest BCUT2D eigenvalue weighted by Crippen LogP contribution is -2.18. The highest BCUT2D eigenvalue weighted by Gasteiger charge is 2.08. The zero-order chi connectivity index (χ0) is 13.7. The Morgan fingerprint density at radius 1 is 1.16 bits per heavy atom. The third-order valence-corrected chi connectivity index (χ3v) is 3.81. The molecule has 0 unspecified atom stereocenters. The summed E-state index contributed by atoms with van der Waals surface area (Å²) in [4.78, 5) is 0. The van der Waals surface area contributed by atoms with Gasteiger partial charge in [0.15, 0.2) is 0 Å². The van der Waals surface area contributed by atoms with Crippen molar-refractivity contribution in [2.45, 2.75) is 32.2 Å². The summed E-state index contributed by atoms with van der Waals surface area (Å²) >= 11 is 1.78. The van der Waals surface area contributed by atoms with Gasteiger partial charge in [0.25, 0.3) is 0 Å². The van der Waals surface area contributed by atoms with Gasteiger partial charge in [0.05, 0.1) is 12.3 Å². The van der Waals surface area contributed by atoms with E-state index in [4.69, 9.17) is 4.42 Å². The maximum atomic E-state index is 5.76. The minimum atomic E-state index is 0.329. The van der Waals surface area contributed by atoms with Crippen LogP contribution in [0.5, 0.6) is 0 Å². The van der Waals surface area contributed by atoms with Crippen molar-refractivity contribution in [1.82, 2.24) is 5.32 Å². The van der Waals surface area contributed by atoms with E-state index in [1.54, 1.807) is 11.8 Å². The fourth-order valence-corrected chi connectivity index (χ4v) is 2.61. The predicted molar refractivity (Wildman–Crippen MR) is 82.4 cm³/mol. The fraction of sp³-hybridized carbons (Fsp3) is 0.375. The summed E-state index contributed by atoms with van der Waals surface area (Å²) in [5.74, 6) is 2.99. The second-order valence-corrected chi connectivity index (χ2v) is 5.63. The van der Waals surface area contributed by atoms with Crippen LogP contribution in [0, 0.1) is 6.92 Å². The number of rotatable bonds is 6. The van der Waals surface area contributed by atoms with Crippen molar-refractivity contribution in [3.63, 3.8) is 0 Å². The van der Waals surface area contributed by atoms with Crippen LogP contribution in [-0.2, 0) is 12.3 Å². The monoisotopic (exact) mass is 275 g/mol. The van der Waals surface area contributed by atoms with E-state index >= 15 is 0 Å². The molecule has 3 heteroatoms. The average Bonchev–Trinajstić information content (AvgIpc) is 2.85. The minimum Gasteiger partial charge on any atom is -0.464 e. The molecule has 2 rings (SSSR count). The summed E-state index contributed by atoms with van der Waals surface area (Å²) in [7, 11) is 0. The zero-order valence-corrected chi connectivity index (χ0v) is 12.6. The van der Waals surface area contributed by atoms with Gasteiger partial charge >= 0.3 is 0 Å². The summed E-state index contributed by atoms with van der Waals surface area (Å²) in [5, 5.41) is 3.51. The lowest BCUT2D eigenvalue weighted by atomic mass is 10.0. The number of nitrogens with one attached hydrogen (secondary N) is 1. The lowest BCUT2D eigenvalue weighted by Gasteiger charge is -2.15. The Kier molecular flexibility index (Phi) is 5.11. The molecular formula is C16H21NOS. The topological polar surface area (TPSA) is 25.2 Å². The average molecular weight is 275 g/mol. The van der Waals surface area contributed by atoms with E-state index in [9.17, 15) is 0 Å². The number of hydrogen-bond acceptors (Lipinski definition) is 3. The number of aryl methyl sites for hydroxylation is 1. The van der Waals surface area contributed by atoms with Crippen molar-refractivity contribution in [1.29, 1.82) is 0 Å². The zero-order valence-electron chi connectivity index (χ0n) is 11.8. The third-order valence-electron chi connectivity index (χ3n) is 3.24. The standard InChI is InChI=1S/C16H21NOS/c1-12-6-4-5-7-16(12)13(2)17-10-14-8-9-15(18-14)11-19-3/h4-9,13,17H,10-11H2,1-3H3/t13-/m1/s1. The van der Waals surface area contributed by atoms with Gasteiger partial charge in [-0.1, -0.05) is 24.3 Å². The van der Waals surface area contributed by atoms with Gasteiger partial charge in [-0.15, -0.1) is 0 Å². The highest BCUT2D eigenvalue weighted by atomic mass is 32.2. The first-order chi connectivity index (χ1) is 9.20. The molecule has 0 aliphatic heterocycles. The van der Waals surface area contributed by atoms with Crippen LogP contribution in [0.4, 0.5) is 0 Å². The molecule has 1 heterocycles. The first-order valence-electron chi connectivity index (χ1n) is 6.56. The van der Waals surface area contributed by atoms with Gasteiger partial charge in [0.2, 0.25) is 0 Å². The maximum Gasteiger partial charge on any atom is 0.118 e. The van der Waals surface area contributed by atoms with Crippen molar-refractivity contribution >= 4 is 11.8 Å². The first kappa shape index (κ1) is 14.2. The van der Waals surface area contributed by atoms with Gasteiger partial charge in [0.1, 0.15) is 11.5 Å². The maximum absolute atomic E-state index is 5.76. The van der Waals surface area contributed by atoms with Crippen molar-refractivity contribution in [2.75, 3.05) is 6.26 Å². The second-order valence-electron chi connectivity index (χ2n) is 4.76. The van der Waals surface area contributed by atoms with Crippen molar-refractivity contribution in [2.24, 2.45) is 0 Å². The summed E-state index contributed by atoms with van der Waals surface area (Å²) in [5.41, 5.74) is 2.67. The van der Waals surface area contributed by atoms with E-state index in [1.807, 2.05) is 0 Å². The summed E-state index contributed by atoms with van der Waals surface area (Å²) in [6.45, 7) is 5.11. The van der Waals surface area contributed by atoms with E-state index in [2.05, 4.69) is 61.8 Å². The Balaban J connectivity index is 1.92. The van der Waals surface area contributed by atoms with Gasteiger partial charge in [0, 0.05) is 6.04 Å². The van der Waals surface area contributed by atoms with Crippen LogP contribution in [0.3, 0.4) is 0 Å². The second kappa shape index (κ2) is 6.83. The van der Waals surface area contributed by atoms with E-state index in [0.29, 0.717) is 6.04 Å². The molecule has 1 aromatic heterocycles. The number of benzene rings is 1. The quantitative estimate of drug-likeness (QED) is 0.851. The molecule has 0 amide bonds. The van der Waals surface area contributed by atoms with E-state index < -0.39 is 0 Å². The largest absolute Gasteiger partial charge is 0.464 e. The SMILES string of the molecule is CSCc1ccc(CN[C@H](C)c2ccccc2C)o1. The number of thioether (sulfide) groups is 1. The third kappa shape index (κ3) is 3.88. The number of furan rings is 1. The Bertz CT molecular complexity index is 521. The molecule has 2 aromatic rings. The molecule has 1 N–H and O–H groups in total. The smallest absolute Gasteiger partial charge is 0.118 e. The molecule has 0 fully saturated rings. The van der Waals surface area contributed by atoms with Gasteiger partial charge in [-0.05, 0) is 43.4 Å². The van der Waals surface area contributed by atoms with Gasteiger partial charge in [-0.25, -0.2) is 0 Å². The normalized spacial score (nSPS) is 12.6. The molecule has 0 aliphatic rings. The van der Waals surface area contributed by atoms with E-state index in [0.717, 1.165) is 23.8 Å². The Hall–Kier alpha value is -1.19. The minimum absolute atomic E-state index is 0.329. The summed E-state index contributed by atoms with van der Waals surface area (Å²) in [6, 6.07) is 12.9. The molecule has 2 nitrogen and oxygen atoms in total. The molecule has 0 saturated heterocycles. The van der Waals surface area contributed by atoms with E-state index in [-0.39, 0.29) is 0 Å². The van der Waals surface area contributed by atoms with Crippen LogP contribution in [0.15, 0.2) is 40.8 Å². The molecule has 0 aliphatic carbocycles. The lowest BCUT2D eigenvalue weighted by molar-refractivity contribution is 0.442. The summed E-state index contributed by atoms with van der Waals surface area (Å²) in [6.07, 6.45) is 2.08. The van der Waals surface area contributed by atoms with Crippen molar-refractivity contribution in [3.8, 4) is 0 Å². The van der Waals surface area contributed by atoms with Crippen molar-refractivity contribution in [3.05, 3.63) is 59.0 Å². The van der Waals surface area contributed by atoms with Crippen LogP contribution < -0.4 is 5.32 Å². The van der Waals surface area contributed by atoms with Crippen LogP contribution >= 0.6 is 11.8 Å². The Labute approximate surface area is 119 Å². The molecule has 0 spiro atoms. The molecule has 1 aromatic carbocycles. The Morgan fingerprint density at radius 2 is 1.89 bits per heavy atom. The van der Waals surface area contributed by atoms with Crippen LogP contribution in [0.25, 0.3) is 0 Å². The van der Waals surface area contributed by atoms with Crippen LogP contribution in [-0.4, -0.2) is 6.26 Å². The summed E-state index contributed by atoms with van der Waals surface area (Å²) < 4.78 is 5.76. The molecule has 0 bridgehead atoms. The van der Waals surface area contributed by atoms with Gasteiger partial charge in [-0.2, -0.15) is 11.8 Å². The van der Waals surface area contributed by atoms with Crippen LogP contribution in [0.1, 0.15) is 35.6 Å². The van der Waals surface area contributed by atoms with Gasteiger partial charge in [-0.3, -0.25) is 0 Å². The molecule has 1 atom stereocenters. The highest BCUT2D eigenvalue weighted by Crippen LogP contribution is 2.18. The molecule has 102 valence electrons. The van der Waals surface area contributed by atoms with Crippen molar-refractivity contribution < 1.29 is 4.42 Å². The van der Waals surface area contributed by atoms with E-state index in [1.165, 1.54) is 11.1 Å². The molecular weight excluding hydrogens is 254 g/mol. The number of hydrogen-bond donors (Lipinski definition) is 1. The fourth-order valence-electron chi connectivity index (χ4n) is 2.17. The van der Waals surface area contributed by atoms with Gasteiger partial charge < -0.3 is 9.73 Å². The van der Waals surface area contributed by atoms with Crippen LogP contribution in [0.2, 0.25) is 0 Å². The molecule has 0 radical (unpaired) electrons. The highest BCUT2D eigenvalue weighted by molar-refractivity contribution is 7.97. The molecule has 19 heavy (non-hydrogen) atoms. The Morgan fingerprint density at radius 3 is 2.63 bits per heavy atom.